The average Bonchev–Trinajstić information content (AvgIpc) is 2.97. The van der Waals surface area contributed by atoms with Gasteiger partial charge in [0.2, 0.25) is 5.91 Å². The van der Waals surface area contributed by atoms with Gasteiger partial charge in [-0.2, -0.15) is 0 Å². The van der Waals surface area contributed by atoms with Gasteiger partial charge in [0.05, 0.1) is 17.2 Å². The zero-order chi connectivity index (χ0) is 14.8. The topological polar surface area (TPSA) is 45.2 Å². The van der Waals surface area contributed by atoms with Crippen molar-refractivity contribution in [3.63, 3.8) is 0 Å². The van der Waals surface area contributed by atoms with Crippen LogP contribution in [0.25, 0.3) is 10.9 Å². The van der Waals surface area contributed by atoms with Crippen molar-refractivity contribution in [2.24, 2.45) is 0 Å². The summed E-state index contributed by atoms with van der Waals surface area (Å²) in [5.41, 5.74) is 1.65. The zero-order valence-corrected chi connectivity index (χ0v) is 12.5. The summed E-state index contributed by atoms with van der Waals surface area (Å²) in [6, 6.07) is 10.2. The van der Waals surface area contributed by atoms with Gasteiger partial charge >= 0.3 is 0 Å². The quantitative estimate of drug-likeness (QED) is 0.941. The van der Waals surface area contributed by atoms with Crippen LogP contribution in [0.5, 0.6) is 0 Å². The number of pyridine rings is 1. The molecular formula is C17H21N3O. The summed E-state index contributed by atoms with van der Waals surface area (Å²) in [7, 11) is 0. The normalized spacial score (nSPS) is 19.3. The van der Waals surface area contributed by atoms with Gasteiger partial charge in [-0.15, -0.1) is 0 Å². The molecule has 1 amide bonds. The van der Waals surface area contributed by atoms with Crippen molar-refractivity contribution in [2.45, 2.75) is 38.8 Å². The number of carbonyl (C=O) groups excluding carboxylic acids is 1. The Bertz CT molecular complexity index is 648. The molecule has 1 atom stereocenters. The Kier molecular flexibility index (Phi) is 3.88. The molecule has 0 bridgehead atoms. The van der Waals surface area contributed by atoms with Gasteiger partial charge in [-0.3, -0.25) is 14.7 Å². The van der Waals surface area contributed by atoms with Gasteiger partial charge in [0.1, 0.15) is 0 Å². The van der Waals surface area contributed by atoms with E-state index >= 15 is 0 Å². The minimum absolute atomic E-state index is 0.0241. The Hall–Kier alpha value is -1.94. The Morgan fingerprint density at radius 1 is 1.33 bits per heavy atom. The molecule has 0 aliphatic carbocycles. The van der Waals surface area contributed by atoms with E-state index in [-0.39, 0.29) is 11.9 Å². The lowest BCUT2D eigenvalue weighted by atomic mass is 10.1. The van der Waals surface area contributed by atoms with E-state index in [1.165, 1.54) is 0 Å². The van der Waals surface area contributed by atoms with Crippen LogP contribution in [-0.4, -0.2) is 34.4 Å². The molecule has 1 saturated heterocycles. The monoisotopic (exact) mass is 283 g/mol. The van der Waals surface area contributed by atoms with Crippen molar-refractivity contribution in [1.29, 1.82) is 0 Å². The summed E-state index contributed by atoms with van der Waals surface area (Å²) < 4.78 is 0. The van der Waals surface area contributed by atoms with Gasteiger partial charge in [0, 0.05) is 17.6 Å². The number of benzene rings is 1. The molecule has 2 heterocycles. The second-order valence-corrected chi connectivity index (χ2v) is 5.86. The van der Waals surface area contributed by atoms with Crippen molar-refractivity contribution in [1.82, 2.24) is 9.88 Å². The highest BCUT2D eigenvalue weighted by molar-refractivity contribution is 6.02. The van der Waals surface area contributed by atoms with Crippen LogP contribution in [0.4, 0.5) is 5.69 Å². The van der Waals surface area contributed by atoms with Crippen LogP contribution in [0.15, 0.2) is 36.5 Å². The fraction of sp³-hybridized carbons (Fsp3) is 0.412. The molecule has 4 nitrogen and oxygen atoms in total. The third kappa shape index (κ3) is 2.76. The zero-order valence-electron chi connectivity index (χ0n) is 12.5. The molecule has 21 heavy (non-hydrogen) atoms. The second-order valence-electron chi connectivity index (χ2n) is 5.86. The molecule has 1 aromatic heterocycles. The molecule has 1 aliphatic rings. The van der Waals surface area contributed by atoms with Crippen LogP contribution >= 0.6 is 0 Å². The Labute approximate surface area is 125 Å². The highest BCUT2D eigenvalue weighted by Gasteiger charge is 2.32. The van der Waals surface area contributed by atoms with Crippen LogP contribution in [-0.2, 0) is 4.79 Å². The molecule has 0 radical (unpaired) electrons. The van der Waals surface area contributed by atoms with Crippen molar-refractivity contribution in [2.75, 3.05) is 11.9 Å². The number of aromatic nitrogens is 1. The lowest BCUT2D eigenvalue weighted by molar-refractivity contribution is -0.120. The van der Waals surface area contributed by atoms with Crippen molar-refractivity contribution in [3.05, 3.63) is 36.5 Å². The Morgan fingerprint density at radius 3 is 2.95 bits per heavy atom. The number of fused-ring (bicyclic) bond motifs is 1. The number of anilines is 1. The predicted molar refractivity (Wildman–Crippen MR) is 85.2 cm³/mol. The summed E-state index contributed by atoms with van der Waals surface area (Å²) >= 11 is 0. The van der Waals surface area contributed by atoms with Gasteiger partial charge in [-0.05, 0) is 45.4 Å². The highest BCUT2D eigenvalue weighted by Crippen LogP contribution is 2.24. The first kappa shape index (κ1) is 14.0. The molecule has 1 aliphatic heterocycles. The minimum Gasteiger partial charge on any atom is -0.323 e. The fourth-order valence-electron chi connectivity index (χ4n) is 3.11. The van der Waals surface area contributed by atoms with Crippen molar-refractivity contribution < 1.29 is 4.79 Å². The van der Waals surface area contributed by atoms with Crippen LogP contribution in [0.1, 0.15) is 26.7 Å². The van der Waals surface area contributed by atoms with E-state index in [0.29, 0.717) is 6.04 Å². The van der Waals surface area contributed by atoms with Gasteiger partial charge in [-0.25, -0.2) is 0 Å². The molecule has 0 unspecified atom stereocenters. The van der Waals surface area contributed by atoms with Crippen LogP contribution in [0.3, 0.4) is 0 Å². The van der Waals surface area contributed by atoms with Crippen molar-refractivity contribution in [3.8, 4) is 0 Å². The second kappa shape index (κ2) is 5.82. The molecule has 4 heteroatoms. The van der Waals surface area contributed by atoms with Crippen LogP contribution in [0.2, 0.25) is 0 Å². The van der Waals surface area contributed by atoms with Gasteiger partial charge in [0.15, 0.2) is 0 Å². The first-order valence-corrected chi connectivity index (χ1v) is 7.57. The number of nitrogens with zero attached hydrogens (tertiary/aromatic N) is 2. The van der Waals surface area contributed by atoms with E-state index in [0.717, 1.165) is 36.0 Å². The standard InChI is InChI=1S/C17H21N3O/c1-12(2)20-11-5-9-15(20)17(21)19-14-8-3-6-13-7-4-10-18-16(13)14/h3-4,6-8,10,12,15H,5,9,11H2,1-2H3,(H,19,21)/t15-/m0/s1. The maximum Gasteiger partial charge on any atom is 0.241 e. The molecular weight excluding hydrogens is 262 g/mol. The summed E-state index contributed by atoms with van der Waals surface area (Å²) in [6.07, 6.45) is 3.78. The molecule has 0 spiro atoms. The maximum absolute atomic E-state index is 12.6. The number of para-hydroxylation sites is 1. The van der Waals surface area contributed by atoms with Crippen molar-refractivity contribution >= 4 is 22.5 Å². The smallest absolute Gasteiger partial charge is 0.241 e. The van der Waals surface area contributed by atoms with Crippen LogP contribution in [0, 0.1) is 0 Å². The number of carbonyl (C=O) groups is 1. The summed E-state index contributed by atoms with van der Waals surface area (Å²) in [6.45, 7) is 5.29. The van der Waals surface area contributed by atoms with Gasteiger partial charge < -0.3 is 5.32 Å². The lowest BCUT2D eigenvalue weighted by Gasteiger charge is -2.27. The summed E-state index contributed by atoms with van der Waals surface area (Å²) in [5, 5.41) is 4.11. The van der Waals surface area contributed by atoms with E-state index < -0.39 is 0 Å². The number of likely N-dealkylation sites (tertiary alicyclic amines) is 1. The fourth-order valence-corrected chi connectivity index (χ4v) is 3.11. The van der Waals surface area contributed by atoms with E-state index in [9.17, 15) is 4.79 Å². The Morgan fingerprint density at radius 2 is 2.14 bits per heavy atom. The maximum atomic E-state index is 12.6. The molecule has 1 N–H and O–H groups in total. The van der Waals surface area contributed by atoms with Crippen LogP contribution < -0.4 is 5.32 Å². The molecule has 110 valence electrons. The van der Waals surface area contributed by atoms with E-state index in [4.69, 9.17) is 0 Å². The first-order chi connectivity index (χ1) is 10.2. The number of hydrogen-bond acceptors (Lipinski definition) is 3. The van der Waals surface area contributed by atoms with Gasteiger partial charge in [0.25, 0.3) is 0 Å². The Balaban J connectivity index is 1.83. The highest BCUT2D eigenvalue weighted by atomic mass is 16.2. The third-order valence-electron chi connectivity index (χ3n) is 4.15. The molecule has 0 saturated carbocycles. The lowest BCUT2D eigenvalue weighted by Crippen LogP contribution is -2.43. The first-order valence-electron chi connectivity index (χ1n) is 7.57. The number of nitrogens with one attached hydrogen (secondary N) is 1. The third-order valence-corrected chi connectivity index (χ3v) is 4.15. The SMILES string of the molecule is CC(C)N1CCC[C@H]1C(=O)Nc1cccc2cccnc12. The minimum atomic E-state index is -0.0241. The average molecular weight is 283 g/mol. The van der Waals surface area contributed by atoms with Gasteiger partial charge in [-0.1, -0.05) is 18.2 Å². The predicted octanol–water partition coefficient (Wildman–Crippen LogP) is 3.05. The molecule has 3 rings (SSSR count). The molecule has 1 fully saturated rings. The molecule has 2 aromatic rings. The summed E-state index contributed by atoms with van der Waals surface area (Å²) in [5.74, 6) is 0.0827. The largest absolute Gasteiger partial charge is 0.323 e. The van der Waals surface area contributed by atoms with E-state index in [2.05, 4.69) is 29.0 Å². The van der Waals surface area contributed by atoms with E-state index in [1.807, 2.05) is 30.3 Å². The number of amides is 1. The number of hydrogen-bond donors (Lipinski definition) is 1. The number of rotatable bonds is 3. The molecule has 1 aromatic carbocycles. The summed E-state index contributed by atoms with van der Waals surface area (Å²) in [4.78, 5) is 19.3. The van der Waals surface area contributed by atoms with E-state index in [1.54, 1.807) is 6.20 Å².